The van der Waals surface area contributed by atoms with Crippen LogP contribution in [0.5, 0.6) is 5.75 Å². The number of rotatable bonds is 9. The molecule has 9 nitrogen and oxygen atoms in total. The van der Waals surface area contributed by atoms with E-state index in [0.29, 0.717) is 6.92 Å². The van der Waals surface area contributed by atoms with E-state index >= 15 is 0 Å². The van der Waals surface area contributed by atoms with Crippen molar-refractivity contribution < 1.29 is 42.6 Å². The molecule has 134 valence electrons. The number of carbonyl (C=O) groups is 1. The monoisotopic (exact) mass is 380 g/mol. The maximum atomic E-state index is 12.2. The van der Waals surface area contributed by atoms with E-state index in [1.165, 1.54) is 24.3 Å². The number of ether oxygens (including phenoxy) is 1. The van der Waals surface area contributed by atoms with Gasteiger partial charge in [0.15, 0.2) is 0 Å². The summed E-state index contributed by atoms with van der Waals surface area (Å²) in [6, 6.07) is 7.30. The summed E-state index contributed by atoms with van der Waals surface area (Å²) in [4.78, 5) is 30.5. The Balaban J connectivity index is 2.79. The predicted octanol–water partition coefficient (Wildman–Crippen LogP) is 1.85. The van der Waals surface area contributed by atoms with Gasteiger partial charge in [-0.15, -0.1) is 0 Å². The third-order valence-electron chi connectivity index (χ3n) is 2.80. The first kappa shape index (κ1) is 20.6. The Labute approximate surface area is 138 Å². The van der Waals surface area contributed by atoms with Gasteiger partial charge in [0.1, 0.15) is 12.4 Å². The van der Waals surface area contributed by atoms with E-state index in [1.54, 1.807) is 6.07 Å². The SMILES string of the molecule is C=CC(=O)OCCOP(=O)(O)C(C)(O)P(=O)(O)Oc1ccccc1. The molecular weight excluding hydrogens is 362 g/mol. The highest BCUT2D eigenvalue weighted by molar-refractivity contribution is 7.73. The highest BCUT2D eigenvalue weighted by Crippen LogP contribution is 2.71. The quantitative estimate of drug-likeness (QED) is 0.253. The van der Waals surface area contributed by atoms with Crippen molar-refractivity contribution in [2.24, 2.45) is 0 Å². The standard InChI is InChI=1S/C13H18O9P2/c1-3-12(14)20-9-10-21-23(16,17)13(2,15)24(18,19)22-11-7-5-4-6-8-11/h3-8,15H,1,9-10H2,2H3,(H,16,17)(H,18,19). The first-order chi connectivity index (χ1) is 11.0. The van der Waals surface area contributed by atoms with E-state index < -0.39 is 39.5 Å². The number of benzene rings is 1. The van der Waals surface area contributed by atoms with Crippen molar-refractivity contribution in [3.8, 4) is 5.75 Å². The largest absolute Gasteiger partial charge is 0.460 e. The van der Waals surface area contributed by atoms with E-state index in [0.717, 1.165) is 6.08 Å². The molecule has 0 aliphatic carbocycles. The third kappa shape index (κ3) is 5.01. The van der Waals surface area contributed by atoms with Crippen LogP contribution >= 0.6 is 15.2 Å². The Bertz CT molecular complexity index is 671. The van der Waals surface area contributed by atoms with Gasteiger partial charge < -0.3 is 28.7 Å². The Morgan fingerprint density at radius 2 is 1.79 bits per heavy atom. The van der Waals surface area contributed by atoms with E-state index in [-0.39, 0.29) is 5.75 Å². The third-order valence-corrected chi connectivity index (χ3v) is 7.45. The fourth-order valence-corrected chi connectivity index (χ4v) is 4.08. The molecule has 0 saturated heterocycles. The minimum atomic E-state index is -5.02. The normalized spacial score (nSPS) is 18.5. The van der Waals surface area contributed by atoms with Crippen molar-refractivity contribution in [2.75, 3.05) is 13.2 Å². The fraction of sp³-hybridized carbons (Fsp3) is 0.308. The zero-order valence-corrected chi connectivity index (χ0v) is 14.6. The second-order valence-corrected chi connectivity index (χ2v) is 9.24. The molecule has 0 aliphatic heterocycles. The molecule has 24 heavy (non-hydrogen) atoms. The van der Waals surface area contributed by atoms with Crippen LogP contribution in [-0.2, 0) is 23.2 Å². The van der Waals surface area contributed by atoms with Gasteiger partial charge in [-0.25, -0.2) is 9.36 Å². The van der Waals surface area contributed by atoms with Gasteiger partial charge in [0.2, 0.25) is 0 Å². The summed E-state index contributed by atoms with van der Waals surface area (Å²) in [6.07, 6.45) is 0.879. The molecule has 0 amide bonds. The van der Waals surface area contributed by atoms with E-state index in [1.807, 2.05) is 0 Å². The molecule has 0 bridgehead atoms. The second-order valence-electron chi connectivity index (χ2n) is 4.62. The number of hydrogen-bond donors (Lipinski definition) is 3. The lowest BCUT2D eigenvalue weighted by Crippen LogP contribution is -2.28. The summed E-state index contributed by atoms with van der Waals surface area (Å²) in [5, 5.41) is 6.99. The summed E-state index contributed by atoms with van der Waals surface area (Å²) in [5.41, 5.74) is 0. The van der Waals surface area contributed by atoms with Crippen LogP contribution in [0.15, 0.2) is 43.0 Å². The Morgan fingerprint density at radius 1 is 1.21 bits per heavy atom. The number of carbonyl (C=O) groups excluding carboxylic acids is 1. The molecular formula is C13H18O9P2. The van der Waals surface area contributed by atoms with Crippen LogP contribution in [0, 0.1) is 0 Å². The molecule has 0 radical (unpaired) electrons. The molecule has 0 aromatic heterocycles. The molecule has 3 atom stereocenters. The van der Waals surface area contributed by atoms with E-state index in [4.69, 9.17) is 4.52 Å². The first-order valence-corrected chi connectivity index (χ1v) is 9.75. The highest BCUT2D eigenvalue weighted by Gasteiger charge is 2.59. The summed E-state index contributed by atoms with van der Waals surface area (Å²) < 4.78 is 38.1. The maximum Gasteiger partial charge on any atom is 0.420 e. The average molecular weight is 380 g/mol. The van der Waals surface area contributed by atoms with Crippen LogP contribution < -0.4 is 4.52 Å². The molecule has 0 aliphatic rings. The van der Waals surface area contributed by atoms with Gasteiger partial charge in [0.05, 0.1) is 6.61 Å². The average Bonchev–Trinajstić information content (AvgIpc) is 2.51. The number of para-hydroxylation sites is 1. The van der Waals surface area contributed by atoms with Crippen molar-refractivity contribution in [3.05, 3.63) is 43.0 Å². The molecule has 3 unspecified atom stereocenters. The summed E-state index contributed by atoms with van der Waals surface area (Å²) in [5.74, 6) is -0.859. The molecule has 3 N–H and O–H groups in total. The molecule has 1 aromatic rings. The summed E-state index contributed by atoms with van der Waals surface area (Å²) in [6.45, 7) is 2.80. The van der Waals surface area contributed by atoms with Gasteiger partial charge in [-0.2, -0.15) is 0 Å². The maximum absolute atomic E-state index is 12.2. The van der Waals surface area contributed by atoms with Crippen LogP contribution in [0.4, 0.5) is 0 Å². The second kappa shape index (κ2) is 8.07. The van der Waals surface area contributed by atoms with Gasteiger partial charge in [0, 0.05) is 6.08 Å². The van der Waals surface area contributed by atoms with E-state index in [9.17, 15) is 28.8 Å². The minimum Gasteiger partial charge on any atom is -0.460 e. The van der Waals surface area contributed by atoms with Crippen molar-refractivity contribution in [3.63, 3.8) is 0 Å². The van der Waals surface area contributed by atoms with Crippen molar-refractivity contribution >= 4 is 21.2 Å². The molecule has 0 heterocycles. The van der Waals surface area contributed by atoms with Gasteiger partial charge in [0.25, 0.3) is 5.08 Å². The predicted molar refractivity (Wildman–Crippen MR) is 84.5 cm³/mol. The molecule has 11 heteroatoms. The first-order valence-electron chi connectivity index (χ1n) is 6.60. The van der Waals surface area contributed by atoms with E-state index in [2.05, 4.69) is 15.8 Å². The Kier molecular flexibility index (Phi) is 6.92. The summed E-state index contributed by atoms with van der Waals surface area (Å²) >= 11 is 0. The fourth-order valence-electron chi connectivity index (χ4n) is 1.35. The van der Waals surface area contributed by atoms with Crippen LogP contribution in [-0.4, -0.2) is 39.2 Å². The molecule has 0 saturated carbocycles. The zero-order chi connectivity index (χ0) is 18.4. The van der Waals surface area contributed by atoms with Gasteiger partial charge in [-0.3, -0.25) is 4.57 Å². The van der Waals surface area contributed by atoms with Gasteiger partial charge >= 0.3 is 21.2 Å². The van der Waals surface area contributed by atoms with Crippen molar-refractivity contribution in [2.45, 2.75) is 12.0 Å². The number of aliphatic hydroxyl groups is 1. The topological polar surface area (TPSA) is 140 Å². The highest BCUT2D eigenvalue weighted by atomic mass is 31.2. The number of esters is 1. The number of hydrogen-bond acceptors (Lipinski definition) is 7. The lowest BCUT2D eigenvalue weighted by molar-refractivity contribution is -0.138. The summed E-state index contributed by atoms with van der Waals surface area (Å²) in [7, 11) is -10.0. The lowest BCUT2D eigenvalue weighted by atomic mass is 10.3. The van der Waals surface area contributed by atoms with Crippen LogP contribution in [0.25, 0.3) is 0 Å². The lowest BCUT2D eigenvalue weighted by Gasteiger charge is -2.30. The van der Waals surface area contributed by atoms with Gasteiger partial charge in [-0.05, 0) is 19.1 Å². The van der Waals surface area contributed by atoms with Crippen molar-refractivity contribution in [1.29, 1.82) is 0 Å². The molecule has 0 fully saturated rings. The molecule has 0 spiro atoms. The molecule has 1 aromatic carbocycles. The van der Waals surface area contributed by atoms with Crippen molar-refractivity contribution in [1.82, 2.24) is 0 Å². The Morgan fingerprint density at radius 3 is 2.33 bits per heavy atom. The Hall–Kier alpha value is -1.47. The van der Waals surface area contributed by atoms with Crippen LogP contribution in [0.2, 0.25) is 0 Å². The minimum absolute atomic E-state index is 0.0801. The molecule has 1 rings (SSSR count). The van der Waals surface area contributed by atoms with Gasteiger partial charge in [-0.1, -0.05) is 24.8 Å². The zero-order valence-electron chi connectivity index (χ0n) is 12.8. The smallest absolute Gasteiger partial charge is 0.420 e. The van der Waals surface area contributed by atoms with Crippen LogP contribution in [0.3, 0.4) is 0 Å². The van der Waals surface area contributed by atoms with Crippen LogP contribution in [0.1, 0.15) is 6.92 Å².